The van der Waals surface area contributed by atoms with Crippen LogP contribution in [-0.4, -0.2) is 73.0 Å². The molecule has 0 unspecified atom stereocenters. The van der Waals surface area contributed by atoms with E-state index in [9.17, 15) is 4.79 Å². The zero-order valence-electron chi connectivity index (χ0n) is 40.1. The van der Waals surface area contributed by atoms with Crippen molar-refractivity contribution >= 4 is 5.91 Å². The minimum atomic E-state index is 0.0996. The maximum atomic E-state index is 13.7. The van der Waals surface area contributed by atoms with E-state index in [1.807, 2.05) is 102 Å². The van der Waals surface area contributed by atoms with Crippen LogP contribution in [0, 0.1) is 0 Å². The molecular weight excluding hydrogens is 789 g/mol. The number of nitrogens with one attached hydrogen (secondary N) is 1. The van der Waals surface area contributed by atoms with Crippen LogP contribution >= 0.6 is 0 Å². The Morgan fingerprint density at radius 2 is 0.859 bits per heavy atom. The van der Waals surface area contributed by atoms with Crippen LogP contribution in [0.1, 0.15) is 126 Å². The summed E-state index contributed by atoms with van der Waals surface area (Å²) in [6.07, 6.45) is 13.3. The predicted molar refractivity (Wildman–Crippen MR) is 270 cm³/mol. The second-order valence-corrected chi connectivity index (χ2v) is 16.9. The molecule has 0 aliphatic rings. The number of nitrogens with zero attached hydrogens (tertiary/aromatic N) is 3. The van der Waals surface area contributed by atoms with E-state index in [0.29, 0.717) is 13.1 Å². The second-order valence-electron chi connectivity index (χ2n) is 16.9. The van der Waals surface area contributed by atoms with Crippen LogP contribution < -0.4 is 14.8 Å². The molecule has 7 heteroatoms. The highest BCUT2D eigenvalue weighted by molar-refractivity contribution is 5.94. The van der Waals surface area contributed by atoms with Crippen molar-refractivity contribution in [2.24, 2.45) is 0 Å². The zero-order valence-corrected chi connectivity index (χ0v) is 40.1. The number of hydrogen-bond donors (Lipinski definition) is 1. The number of hydrogen-bond acceptors (Lipinski definition) is 6. The summed E-state index contributed by atoms with van der Waals surface area (Å²) in [7, 11) is 0. The number of aryl methyl sites for hydroxylation is 1. The molecular formula is C57H80N4O3. The van der Waals surface area contributed by atoms with Crippen molar-refractivity contribution in [2.45, 2.75) is 118 Å². The molecule has 0 radical (unpaired) electrons. The highest BCUT2D eigenvalue weighted by atomic mass is 16.5. The summed E-state index contributed by atoms with van der Waals surface area (Å²) >= 11 is 0. The average molecular weight is 869 g/mol. The summed E-state index contributed by atoms with van der Waals surface area (Å²) in [5.41, 5.74) is 4.46. The van der Waals surface area contributed by atoms with Gasteiger partial charge in [0.05, 0.1) is 0 Å². The Morgan fingerprint density at radius 3 is 1.33 bits per heavy atom. The maximum absolute atomic E-state index is 13.7. The van der Waals surface area contributed by atoms with E-state index in [0.717, 1.165) is 79.8 Å². The number of para-hydroxylation sites is 2. The van der Waals surface area contributed by atoms with Gasteiger partial charge in [0.15, 0.2) is 0 Å². The maximum Gasteiger partial charge on any atom is 0.254 e. The Labute approximate surface area is 388 Å². The van der Waals surface area contributed by atoms with Crippen LogP contribution in [0.3, 0.4) is 0 Å². The first kappa shape index (κ1) is 51.7. The predicted octanol–water partition coefficient (Wildman–Crippen LogP) is 13.8. The molecule has 7 nitrogen and oxygen atoms in total. The Balaban J connectivity index is 0.000000301. The molecule has 1 N–H and O–H groups in total. The second kappa shape index (κ2) is 31.8. The minimum Gasteiger partial charge on any atom is -0.457 e. The van der Waals surface area contributed by atoms with Crippen molar-refractivity contribution in [3.05, 3.63) is 156 Å². The molecule has 0 fully saturated rings. The van der Waals surface area contributed by atoms with Crippen LogP contribution in [0.2, 0.25) is 0 Å². The van der Waals surface area contributed by atoms with Gasteiger partial charge >= 0.3 is 0 Å². The summed E-state index contributed by atoms with van der Waals surface area (Å²) in [5, 5.41) is 3.57. The quantitative estimate of drug-likeness (QED) is 0.0464. The first-order chi connectivity index (χ1) is 31.4. The molecule has 0 saturated carbocycles. The molecule has 0 atom stereocenters. The summed E-state index contributed by atoms with van der Waals surface area (Å²) < 4.78 is 11.8. The molecule has 5 rings (SSSR count). The van der Waals surface area contributed by atoms with Crippen LogP contribution in [0.25, 0.3) is 0 Å². The average Bonchev–Trinajstić information content (AvgIpc) is 3.34. The molecule has 0 saturated heterocycles. The number of carbonyl (C=O) groups is 1. The van der Waals surface area contributed by atoms with Crippen molar-refractivity contribution in [2.75, 3.05) is 52.4 Å². The Kier molecular flexibility index (Phi) is 25.7. The third-order valence-corrected chi connectivity index (χ3v) is 11.4. The number of unbranched alkanes of at least 4 members (excludes halogenated alkanes) is 5. The van der Waals surface area contributed by atoms with Gasteiger partial charge in [-0.15, -0.1) is 0 Å². The van der Waals surface area contributed by atoms with E-state index in [1.54, 1.807) is 0 Å². The van der Waals surface area contributed by atoms with Crippen LogP contribution in [0.15, 0.2) is 133 Å². The number of benzene rings is 5. The molecule has 0 aliphatic carbocycles. The van der Waals surface area contributed by atoms with E-state index in [2.05, 4.69) is 86.1 Å². The third kappa shape index (κ3) is 20.7. The van der Waals surface area contributed by atoms with E-state index in [4.69, 9.17) is 9.47 Å². The fourth-order valence-corrected chi connectivity index (χ4v) is 7.37. The lowest BCUT2D eigenvalue weighted by atomic mass is 10.1. The molecule has 0 bridgehead atoms. The standard InChI is InChI=1S/C34H46N2O2.C23H34N2O/c1-4-7-13-29-16-20-31(21-17-29)34(37)36(27-26-35(24-8-5-2)25-9-6-3)28-30-18-22-33(23-19-30)38-32-14-11-10-12-15-32;1-3-5-17-25(18-6-4-2)19-16-24-20-21-12-14-23(15-13-21)26-22-10-8-7-9-11-22/h10-12,14-23H,4-9,13,24-28H2,1-3H3;7-15,24H,3-6,16-20H2,1-2H3. The van der Waals surface area contributed by atoms with E-state index in [1.165, 1.54) is 88.4 Å². The first-order valence-electron chi connectivity index (χ1n) is 24.6. The van der Waals surface area contributed by atoms with Gasteiger partial charge in [-0.25, -0.2) is 0 Å². The lowest BCUT2D eigenvalue weighted by Gasteiger charge is -2.28. The van der Waals surface area contributed by atoms with Gasteiger partial charge in [0, 0.05) is 44.8 Å². The van der Waals surface area contributed by atoms with Crippen molar-refractivity contribution in [3.8, 4) is 23.0 Å². The Morgan fingerprint density at radius 1 is 0.438 bits per heavy atom. The van der Waals surface area contributed by atoms with E-state index in [-0.39, 0.29) is 5.91 Å². The lowest BCUT2D eigenvalue weighted by Crippen LogP contribution is -2.39. The van der Waals surface area contributed by atoms with Crippen molar-refractivity contribution in [3.63, 3.8) is 0 Å². The highest BCUT2D eigenvalue weighted by Gasteiger charge is 2.18. The molecule has 5 aromatic carbocycles. The molecule has 64 heavy (non-hydrogen) atoms. The first-order valence-corrected chi connectivity index (χ1v) is 24.6. The molecule has 5 aromatic rings. The number of amides is 1. The number of ether oxygens (including phenoxy) is 2. The number of rotatable bonds is 30. The summed E-state index contributed by atoms with van der Waals surface area (Å²) in [5.74, 6) is 3.47. The SMILES string of the molecule is CCCCN(CCCC)CCNCc1ccc(Oc2ccccc2)cc1.CCCCc1ccc(C(=O)N(CCN(CCCC)CCCC)Cc2ccc(Oc3ccccc3)cc2)cc1. The van der Waals surface area contributed by atoms with Crippen molar-refractivity contribution < 1.29 is 14.3 Å². The summed E-state index contributed by atoms with van der Waals surface area (Å²) in [6.45, 7) is 21.1. The monoisotopic (exact) mass is 869 g/mol. The molecule has 0 heterocycles. The van der Waals surface area contributed by atoms with Gasteiger partial charge in [-0.1, -0.05) is 140 Å². The third-order valence-electron chi connectivity index (χ3n) is 11.4. The van der Waals surface area contributed by atoms with Gasteiger partial charge in [-0.2, -0.15) is 0 Å². The fraction of sp³-hybridized carbons (Fsp3) is 0.456. The zero-order chi connectivity index (χ0) is 45.5. The smallest absolute Gasteiger partial charge is 0.254 e. The van der Waals surface area contributed by atoms with Gasteiger partial charge in [-0.05, 0) is 142 Å². The summed E-state index contributed by atoms with van der Waals surface area (Å²) in [6, 6.07) is 44.4. The van der Waals surface area contributed by atoms with Gasteiger partial charge in [0.25, 0.3) is 5.91 Å². The molecule has 1 amide bonds. The largest absolute Gasteiger partial charge is 0.457 e. The van der Waals surface area contributed by atoms with E-state index < -0.39 is 0 Å². The summed E-state index contributed by atoms with van der Waals surface area (Å²) in [4.78, 5) is 20.8. The van der Waals surface area contributed by atoms with Crippen LogP contribution in [0.5, 0.6) is 23.0 Å². The van der Waals surface area contributed by atoms with Gasteiger partial charge in [0.1, 0.15) is 23.0 Å². The molecule has 0 aromatic heterocycles. The Hall–Kier alpha value is -4.95. The Bertz CT molecular complexity index is 1890. The minimum absolute atomic E-state index is 0.0996. The molecule has 0 spiro atoms. The molecule has 346 valence electrons. The fourth-order valence-electron chi connectivity index (χ4n) is 7.37. The van der Waals surface area contributed by atoms with Gasteiger partial charge < -0.3 is 29.5 Å². The molecule has 0 aliphatic heterocycles. The van der Waals surface area contributed by atoms with Crippen molar-refractivity contribution in [1.82, 2.24) is 20.0 Å². The van der Waals surface area contributed by atoms with Crippen molar-refractivity contribution in [1.29, 1.82) is 0 Å². The van der Waals surface area contributed by atoms with Crippen LogP contribution in [-0.2, 0) is 19.5 Å². The van der Waals surface area contributed by atoms with Crippen LogP contribution in [0.4, 0.5) is 0 Å². The normalized spacial score (nSPS) is 11.0. The highest BCUT2D eigenvalue weighted by Crippen LogP contribution is 2.23. The van der Waals surface area contributed by atoms with Gasteiger partial charge in [0.2, 0.25) is 0 Å². The van der Waals surface area contributed by atoms with E-state index >= 15 is 0 Å². The number of carbonyl (C=O) groups excluding carboxylic acids is 1. The van der Waals surface area contributed by atoms with Gasteiger partial charge in [-0.3, -0.25) is 4.79 Å². The topological polar surface area (TPSA) is 57.3 Å². The lowest BCUT2D eigenvalue weighted by molar-refractivity contribution is 0.0720.